The molecule has 2 aromatic rings. The number of hydrogen-bond donors (Lipinski definition) is 0. The number of hydrogen-bond acceptors (Lipinski definition) is 3. The molecule has 3 aliphatic heterocycles. The third-order valence-corrected chi connectivity index (χ3v) is 7.10. The number of halogens is 1. The standard InChI is InChI=1S/C25H27FN2O2/c1-30-23-6-3-2-5-19(23)16-27-17-20-15-22(12-9-18-7-10-21(26)11-8-18)28-14-4-13-25(20,28)24(27)29/h2-3,5-12,20,22H,4,13-17H2,1H3/t20-,22+,25-/m0/s1. The number of amides is 1. The van der Waals surface area contributed by atoms with Crippen molar-refractivity contribution in [2.75, 3.05) is 20.2 Å². The molecule has 0 saturated carbocycles. The Kier molecular flexibility index (Phi) is 4.86. The Balaban J connectivity index is 1.35. The van der Waals surface area contributed by atoms with E-state index in [1.165, 1.54) is 12.1 Å². The molecule has 3 fully saturated rings. The Morgan fingerprint density at radius 1 is 1.20 bits per heavy atom. The lowest BCUT2D eigenvalue weighted by Gasteiger charge is -2.32. The number of carbonyl (C=O) groups is 1. The van der Waals surface area contributed by atoms with E-state index in [1.54, 1.807) is 19.2 Å². The van der Waals surface area contributed by atoms with E-state index in [4.69, 9.17) is 4.74 Å². The maximum atomic E-state index is 13.6. The lowest BCUT2D eigenvalue weighted by atomic mass is 9.85. The number of para-hydroxylation sites is 1. The Morgan fingerprint density at radius 2 is 2.00 bits per heavy atom. The van der Waals surface area contributed by atoms with Crippen molar-refractivity contribution >= 4 is 12.0 Å². The highest BCUT2D eigenvalue weighted by Crippen LogP contribution is 2.52. The smallest absolute Gasteiger partial charge is 0.243 e. The van der Waals surface area contributed by atoms with Crippen molar-refractivity contribution in [2.24, 2.45) is 5.92 Å². The summed E-state index contributed by atoms with van der Waals surface area (Å²) in [6.07, 6.45) is 7.27. The molecule has 3 atom stereocenters. The first kappa shape index (κ1) is 19.3. The van der Waals surface area contributed by atoms with Gasteiger partial charge in [0.1, 0.15) is 17.1 Å². The first-order valence-corrected chi connectivity index (χ1v) is 10.7. The predicted molar refractivity (Wildman–Crippen MR) is 114 cm³/mol. The van der Waals surface area contributed by atoms with Crippen LogP contribution in [0.25, 0.3) is 6.08 Å². The lowest BCUT2D eigenvalue weighted by Crippen LogP contribution is -2.50. The second-order valence-corrected chi connectivity index (χ2v) is 8.63. The largest absolute Gasteiger partial charge is 0.496 e. The quantitative estimate of drug-likeness (QED) is 0.749. The molecule has 0 radical (unpaired) electrons. The number of benzene rings is 2. The molecule has 5 heteroatoms. The Hall–Kier alpha value is -2.66. The van der Waals surface area contributed by atoms with E-state index >= 15 is 0 Å². The molecular formula is C25H27FN2O2. The summed E-state index contributed by atoms with van der Waals surface area (Å²) in [7, 11) is 1.68. The molecule has 156 valence electrons. The molecule has 3 heterocycles. The van der Waals surface area contributed by atoms with E-state index in [0.717, 1.165) is 49.2 Å². The number of likely N-dealkylation sites (tertiary alicyclic amines) is 1. The molecule has 0 bridgehead atoms. The van der Waals surface area contributed by atoms with E-state index in [1.807, 2.05) is 29.2 Å². The van der Waals surface area contributed by atoms with Crippen molar-refractivity contribution in [2.45, 2.75) is 37.4 Å². The Labute approximate surface area is 176 Å². The van der Waals surface area contributed by atoms with Crippen molar-refractivity contribution in [1.29, 1.82) is 0 Å². The van der Waals surface area contributed by atoms with E-state index in [-0.39, 0.29) is 23.3 Å². The maximum absolute atomic E-state index is 13.6. The van der Waals surface area contributed by atoms with Crippen molar-refractivity contribution in [3.05, 3.63) is 71.6 Å². The Morgan fingerprint density at radius 3 is 2.80 bits per heavy atom. The summed E-state index contributed by atoms with van der Waals surface area (Å²) in [4.78, 5) is 18.1. The zero-order valence-corrected chi connectivity index (χ0v) is 17.3. The van der Waals surface area contributed by atoms with Gasteiger partial charge in [-0.1, -0.05) is 42.5 Å². The molecular weight excluding hydrogens is 379 g/mol. The highest BCUT2D eigenvalue weighted by molar-refractivity contribution is 5.90. The van der Waals surface area contributed by atoms with Gasteiger partial charge in [0.2, 0.25) is 5.91 Å². The van der Waals surface area contributed by atoms with Crippen LogP contribution in [-0.2, 0) is 11.3 Å². The topological polar surface area (TPSA) is 32.8 Å². The van der Waals surface area contributed by atoms with Gasteiger partial charge in [-0.15, -0.1) is 0 Å². The van der Waals surface area contributed by atoms with Gasteiger partial charge in [-0.3, -0.25) is 9.69 Å². The van der Waals surface area contributed by atoms with Crippen molar-refractivity contribution < 1.29 is 13.9 Å². The molecule has 0 aromatic heterocycles. The van der Waals surface area contributed by atoms with Crippen LogP contribution in [0.4, 0.5) is 4.39 Å². The minimum Gasteiger partial charge on any atom is -0.496 e. The lowest BCUT2D eigenvalue weighted by molar-refractivity contribution is -0.137. The molecule has 30 heavy (non-hydrogen) atoms. The minimum absolute atomic E-state index is 0.221. The monoisotopic (exact) mass is 406 g/mol. The predicted octanol–water partition coefficient (Wildman–Crippen LogP) is 4.11. The van der Waals surface area contributed by atoms with Gasteiger partial charge in [0.25, 0.3) is 0 Å². The number of carbonyl (C=O) groups excluding carboxylic acids is 1. The zero-order chi connectivity index (χ0) is 20.7. The fraction of sp³-hybridized carbons (Fsp3) is 0.400. The van der Waals surface area contributed by atoms with Crippen LogP contribution in [0.15, 0.2) is 54.6 Å². The number of nitrogens with zero attached hydrogens (tertiary/aromatic N) is 2. The van der Waals surface area contributed by atoms with Gasteiger partial charge in [0.15, 0.2) is 0 Å². The van der Waals surface area contributed by atoms with Gasteiger partial charge in [-0.25, -0.2) is 4.39 Å². The summed E-state index contributed by atoms with van der Waals surface area (Å²) in [5.41, 5.74) is 1.70. The fourth-order valence-electron chi connectivity index (χ4n) is 5.78. The molecule has 0 unspecified atom stereocenters. The molecule has 0 N–H and O–H groups in total. The third kappa shape index (κ3) is 3.03. The van der Waals surface area contributed by atoms with E-state index in [0.29, 0.717) is 12.5 Å². The molecule has 1 amide bonds. The van der Waals surface area contributed by atoms with Gasteiger partial charge < -0.3 is 9.64 Å². The summed E-state index contributed by atoms with van der Waals surface area (Å²) >= 11 is 0. The zero-order valence-electron chi connectivity index (χ0n) is 17.3. The van der Waals surface area contributed by atoms with Crippen LogP contribution in [0.5, 0.6) is 5.75 Å². The number of methoxy groups -OCH3 is 1. The third-order valence-electron chi connectivity index (χ3n) is 7.10. The van der Waals surface area contributed by atoms with Crippen molar-refractivity contribution in [3.63, 3.8) is 0 Å². The Bertz CT molecular complexity index is 973. The van der Waals surface area contributed by atoms with Gasteiger partial charge in [-0.05, 0) is 49.6 Å². The van der Waals surface area contributed by atoms with Crippen molar-refractivity contribution in [3.8, 4) is 5.75 Å². The average Bonchev–Trinajstić information content (AvgIpc) is 3.39. The van der Waals surface area contributed by atoms with E-state index < -0.39 is 0 Å². The number of ether oxygens (including phenoxy) is 1. The highest BCUT2D eigenvalue weighted by atomic mass is 19.1. The first-order valence-electron chi connectivity index (χ1n) is 10.7. The van der Waals surface area contributed by atoms with E-state index in [9.17, 15) is 9.18 Å². The fourth-order valence-corrected chi connectivity index (χ4v) is 5.78. The van der Waals surface area contributed by atoms with E-state index in [2.05, 4.69) is 17.1 Å². The summed E-state index contributed by atoms with van der Waals surface area (Å²) in [6.45, 7) is 2.36. The maximum Gasteiger partial charge on any atom is 0.243 e. The molecule has 3 aliphatic rings. The van der Waals surface area contributed by atoms with Crippen LogP contribution >= 0.6 is 0 Å². The summed E-state index contributed by atoms with van der Waals surface area (Å²) < 4.78 is 18.6. The van der Waals surface area contributed by atoms with Crippen LogP contribution in [0, 0.1) is 11.7 Å². The van der Waals surface area contributed by atoms with Crippen LogP contribution in [-0.4, -0.2) is 47.5 Å². The molecule has 5 rings (SSSR count). The normalized spacial score (nSPS) is 28.3. The SMILES string of the molecule is COc1ccccc1CN1C[C@@H]2C[C@@H](C=Cc3ccc(F)cc3)N3CCC[C@@]23C1=O. The summed E-state index contributed by atoms with van der Waals surface area (Å²) in [5, 5.41) is 0. The van der Waals surface area contributed by atoms with Gasteiger partial charge in [0.05, 0.1) is 7.11 Å². The number of rotatable bonds is 5. The van der Waals surface area contributed by atoms with Crippen LogP contribution in [0.1, 0.15) is 30.4 Å². The molecule has 3 saturated heterocycles. The van der Waals surface area contributed by atoms with Gasteiger partial charge in [0, 0.05) is 30.6 Å². The summed E-state index contributed by atoms with van der Waals surface area (Å²) in [6, 6.07) is 14.8. The van der Waals surface area contributed by atoms with Gasteiger partial charge >= 0.3 is 0 Å². The van der Waals surface area contributed by atoms with Crippen LogP contribution in [0.2, 0.25) is 0 Å². The van der Waals surface area contributed by atoms with Crippen molar-refractivity contribution in [1.82, 2.24) is 9.80 Å². The molecule has 0 aliphatic carbocycles. The average molecular weight is 407 g/mol. The highest BCUT2D eigenvalue weighted by Gasteiger charge is 2.64. The molecule has 2 aromatic carbocycles. The van der Waals surface area contributed by atoms with Crippen LogP contribution in [0.3, 0.4) is 0 Å². The first-order chi connectivity index (χ1) is 14.6. The molecule has 4 nitrogen and oxygen atoms in total. The summed E-state index contributed by atoms with van der Waals surface area (Å²) in [5.74, 6) is 1.24. The van der Waals surface area contributed by atoms with Gasteiger partial charge in [-0.2, -0.15) is 0 Å². The van der Waals surface area contributed by atoms with Crippen LogP contribution < -0.4 is 4.74 Å². The second kappa shape index (κ2) is 7.55. The molecule has 1 spiro atoms. The minimum atomic E-state index is -0.347. The second-order valence-electron chi connectivity index (χ2n) is 8.63.